The Labute approximate surface area is 154 Å². The first-order valence-corrected chi connectivity index (χ1v) is 9.17. The first kappa shape index (κ1) is 16.5. The summed E-state index contributed by atoms with van der Waals surface area (Å²) in [6.45, 7) is 1.55. The number of fused-ring (bicyclic) bond motifs is 1. The zero-order valence-corrected chi connectivity index (χ0v) is 14.8. The number of hydrogen-bond acceptors (Lipinski definition) is 6. The lowest BCUT2D eigenvalue weighted by Crippen LogP contribution is -2.24. The number of rotatable bonds is 5. The number of hydrogen-bond donors (Lipinski definition) is 1. The van der Waals surface area contributed by atoms with Crippen molar-refractivity contribution in [1.29, 1.82) is 0 Å². The van der Waals surface area contributed by atoms with Crippen LogP contribution in [0.15, 0.2) is 48.0 Å². The van der Waals surface area contributed by atoms with E-state index in [2.05, 4.69) is 15.3 Å². The van der Waals surface area contributed by atoms with Gasteiger partial charge < -0.3 is 14.8 Å². The van der Waals surface area contributed by atoms with E-state index < -0.39 is 0 Å². The third kappa shape index (κ3) is 3.83. The van der Waals surface area contributed by atoms with Crippen molar-refractivity contribution in [3.8, 4) is 22.2 Å². The second-order valence-corrected chi connectivity index (χ2v) is 6.65. The summed E-state index contributed by atoms with van der Waals surface area (Å²) in [5.74, 6) is 1.40. The Hall–Kier alpha value is -2.93. The fourth-order valence-corrected chi connectivity index (χ4v) is 3.42. The van der Waals surface area contributed by atoms with Crippen LogP contribution in [-0.2, 0) is 17.8 Å². The molecule has 1 amide bonds. The average molecular weight is 367 g/mol. The van der Waals surface area contributed by atoms with Crippen LogP contribution in [0.1, 0.15) is 11.3 Å². The van der Waals surface area contributed by atoms with Gasteiger partial charge in [-0.15, -0.1) is 11.3 Å². The van der Waals surface area contributed by atoms with Gasteiger partial charge in [0, 0.05) is 18.1 Å². The quantitative estimate of drug-likeness (QED) is 0.751. The number of nitrogens with zero attached hydrogens (tertiary/aromatic N) is 2. The largest absolute Gasteiger partial charge is 0.486 e. The van der Waals surface area contributed by atoms with E-state index in [4.69, 9.17) is 9.47 Å². The van der Waals surface area contributed by atoms with E-state index in [1.807, 2.05) is 41.8 Å². The molecule has 1 aliphatic heterocycles. The molecule has 7 heteroatoms. The fraction of sp³-hybridized carbons (Fsp3) is 0.211. The molecule has 2 aromatic heterocycles. The summed E-state index contributed by atoms with van der Waals surface area (Å²) in [7, 11) is 0. The summed E-state index contributed by atoms with van der Waals surface area (Å²) >= 11 is 1.49. The van der Waals surface area contributed by atoms with E-state index in [1.54, 1.807) is 6.20 Å². The molecule has 3 aromatic rings. The van der Waals surface area contributed by atoms with Crippen LogP contribution in [0.5, 0.6) is 11.5 Å². The van der Waals surface area contributed by atoms with Crippen LogP contribution in [0.2, 0.25) is 0 Å². The highest BCUT2D eigenvalue weighted by atomic mass is 32.1. The maximum absolute atomic E-state index is 12.2. The molecule has 3 heterocycles. The first-order valence-electron chi connectivity index (χ1n) is 8.29. The van der Waals surface area contributed by atoms with Crippen molar-refractivity contribution in [2.75, 3.05) is 13.2 Å². The van der Waals surface area contributed by atoms with Gasteiger partial charge in [-0.2, -0.15) is 0 Å². The predicted octanol–water partition coefficient (Wildman–Crippen LogP) is 2.84. The maximum Gasteiger partial charge on any atom is 0.226 e. The van der Waals surface area contributed by atoms with Crippen molar-refractivity contribution in [1.82, 2.24) is 15.3 Å². The van der Waals surface area contributed by atoms with E-state index in [-0.39, 0.29) is 12.3 Å². The second kappa shape index (κ2) is 7.53. The molecule has 0 saturated carbocycles. The highest BCUT2D eigenvalue weighted by Gasteiger charge is 2.13. The molecule has 0 radical (unpaired) electrons. The van der Waals surface area contributed by atoms with Crippen molar-refractivity contribution in [2.45, 2.75) is 13.0 Å². The monoisotopic (exact) mass is 367 g/mol. The van der Waals surface area contributed by atoms with E-state index in [1.165, 1.54) is 11.3 Å². The number of benzene rings is 1. The Balaban J connectivity index is 1.34. The van der Waals surface area contributed by atoms with Crippen molar-refractivity contribution in [2.24, 2.45) is 0 Å². The normalized spacial score (nSPS) is 12.6. The summed E-state index contributed by atoms with van der Waals surface area (Å²) < 4.78 is 11.1. The Kier molecular flexibility index (Phi) is 4.79. The van der Waals surface area contributed by atoms with E-state index in [0.717, 1.165) is 33.5 Å². The molecule has 0 atom stereocenters. The van der Waals surface area contributed by atoms with Crippen LogP contribution < -0.4 is 14.8 Å². The lowest BCUT2D eigenvalue weighted by atomic mass is 10.2. The van der Waals surface area contributed by atoms with Crippen molar-refractivity contribution in [3.05, 3.63) is 59.2 Å². The van der Waals surface area contributed by atoms with Crippen molar-refractivity contribution < 1.29 is 14.3 Å². The van der Waals surface area contributed by atoms with Gasteiger partial charge in [0.25, 0.3) is 0 Å². The minimum absolute atomic E-state index is 0.0715. The Morgan fingerprint density at radius 3 is 2.88 bits per heavy atom. The Morgan fingerprint density at radius 2 is 2.04 bits per heavy atom. The molecule has 132 valence electrons. The molecule has 0 fully saturated rings. The van der Waals surface area contributed by atoms with Gasteiger partial charge in [0.15, 0.2) is 11.5 Å². The molecule has 0 bridgehead atoms. The minimum Gasteiger partial charge on any atom is -0.486 e. The van der Waals surface area contributed by atoms with Gasteiger partial charge in [-0.1, -0.05) is 12.1 Å². The van der Waals surface area contributed by atoms with E-state index in [0.29, 0.717) is 19.8 Å². The average Bonchev–Trinajstić information content (AvgIpc) is 3.15. The summed E-state index contributed by atoms with van der Waals surface area (Å²) in [4.78, 5) is 21.0. The summed E-state index contributed by atoms with van der Waals surface area (Å²) in [5, 5.41) is 5.63. The smallest absolute Gasteiger partial charge is 0.226 e. The molecule has 4 rings (SSSR count). The highest BCUT2D eigenvalue weighted by molar-refractivity contribution is 7.13. The van der Waals surface area contributed by atoms with E-state index in [9.17, 15) is 4.79 Å². The van der Waals surface area contributed by atoms with Crippen LogP contribution in [0, 0.1) is 0 Å². The van der Waals surface area contributed by atoms with Crippen LogP contribution in [0.4, 0.5) is 0 Å². The van der Waals surface area contributed by atoms with Gasteiger partial charge in [0.1, 0.15) is 18.2 Å². The van der Waals surface area contributed by atoms with Gasteiger partial charge in [0.2, 0.25) is 5.91 Å². The number of pyridine rings is 1. The molecule has 1 aromatic carbocycles. The zero-order valence-electron chi connectivity index (χ0n) is 14.0. The molecule has 0 saturated heterocycles. The lowest BCUT2D eigenvalue weighted by molar-refractivity contribution is -0.120. The number of carbonyl (C=O) groups excluding carboxylic acids is 1. The van der Waals surface area contributed by atoms with Crippen LogP contribution in [0.3, 0.4) is 0 Å². The summed E-state index contributed by atoms with van der Waals surface area (Å²) in [6.07, 6.45) is 1.98. The lowest BCUT2D eigenvalue weighted by Gasteiger charge is -2.18. The van der Waals surface area contributed by atoms with Crippen molar-refractivity contribution in [3.63, 3.8) is 0 Å². The van der Waals surface area contributed by atoms with Crippen LogP contribution >= 0.6 is 11.3 Å². The third-order valence-corrected chi connectivity index (χ3v) is 4.79. The number of ether oxygens (including phenoxy) is 2. The van der Waals surface area contributed by atoms with Gasteiger partial charge in [-0.25, -0.2) is 4.98 Å². The third-order valence-electron chi connectivity index (χ3n) is 3.87. The molecule has 26 heavy (non-hydrogen) atoms. The van der Waals surface area contributed by atoms with Crippen molar-refractivity contribution >= 4 is 17.2 Å². The number of thiazole rings is 1. The minimum atomic E-state index is -0.0715. The molecule has 0 aliphatic carbocycles. The molecular weight excluding hydrogens is 350 g/mol. The first-order chi connectivity index (χ1) is 12.8. The van der Waals surface area contributed by atoms with E-state index >= 15 is 0 Å². The molecule has 6 nitrogen and oxygen atoms in total. The van der Waals surface area contributed by atoms with Gasteiger partial charge in [-0.3, -0.25) is 9.78 Å². The Morgan fingerprint density at radius 1 is 1.15 bits per heavy atom. The topological polar surface area (TPSA) is 73.3 Å². The second-order valence-electron chi connectivity index (χ2n) is 5.79. The summed E-state index contributed by atoms with van der Waals surface area (Å²) in [6, 6.07) is 11.4. The molecular formula is C19H17N3O3S. The standard InChI is InChI=1S/C19H17N3O3S/c23-18(10-14-12-26-19(22-14)15-3-1-2-6-20-15)21-11-13-4-5-16-17(9-13)25-8-7-24-16/h1-6,9,12H,7-8,10-11H2,(H,21,23). The van der Waals surface area contributed by atoms with Crippen LogP contribution in [-0.4, -0.2) is 29.1 Å². The van der Waals surface area contributed by atoms with Gasteiger partial charge >= 0.3 is 0 Å². The molecule has 1 aliphatic rings. The van der Waals surface area contributed by atoms with Gasteiger partial charge in [0.05, 0.1) is 17.8 Å². The van der Waals surface area contributed by atoms with Gasteiger partial charge in [-0.05, 0) is 29.8 Å². The predicted molar refractivity (Wildman–Crippen MR) is 98.3 cm³/mol. The Bertz CT molecular complexity index is 911. The zero-order chi connectivity index (χ0) is 17.8. The molecule has 1 N–H and O–H groups in total. The number of aromatic nitrogens is 2. The fourth-order valence-electron chi connectivity index (χ4n) is 2.62. The molecule has 0 spiro atoms. The number of carbonyl (C=O) groups is 1. The van der Waals surface area contributed by atoms with Crippen LogP contribution in [0.25, 0.3) is 10.7 Å². The highest BCUT2D eigenvalue weighted by Crippen LogP contribution is 2.30. The number of nitrogens with one attached hydrogen (secondary N) is 1. The summed E-state index contributed by atoms with van der Waals surface area (Å²) in [5.41, 5.74) is 2.53. The number of amides is 1. The maximum atomic E-state index is 12.2. The molecule has 0 unspecified atom stereocenters. The SMILES string of the molecule is O=C(Cc1csc(-c2ccccn2)n1)NCc1ccc2c(c1)OCCO2.